The van der Waals surface area contributed by atoms with E-state index in [9.17, 15) is 9.18 Å². The number of H-pyrrole nitrogens is 1. The van der Waals surface area contributed by atoms with Crippen LogP contribution in [0.2, 0.25) is 0 Å². The molecule has 1 aliphatic rings. The van der Waals surface area contributed by atoms with Gasteiger partial charge in [-0.3, -0.25) is 0 Å². The summed E-state index contributed by atoms with van der Waals surface area (Å²) in [5.74, 6) is 0.896. The van der Waals surface area contributed by atoms with Crippen molar-refractivity contribution in [3.8, 4) is 34.1 Å². The van der Waals surface area contributed by atoms with Crippen LogP contribution in [0.4, 0.5) is 14.5 Å². The van der Waals surface area contributed by atoms with E-state index in [4.69, 9.17) is 14.2 Å². The van der Waals surface area contributed by atoms with Gasteiger partial charge in [0.25, 0.3) is 0 Å². The summed E-state index contributed by atoms with van der Waals surface area (Å²) in [4.78, 5) is 21.3. The van der Waals surface area contributed by atoms with E-state index >= 15 is 4.39 Å². The minimum absolute atomic E-state index is 0.0257. The molecule has 0 atom stereocenters. The molecule has 0 saturated heterocycles. The normalized spacial score (nSPS) is 12.6. The summed E-state index contributed by atoms with van der Waals surface area (Å²) in [6, 6.07) is 15.6. The van der Waals surface area contributed by atoms with E-state index in [-0.39, 0.29) is 17.0 Å². The average Bonchev–Trinajstić information content (AvgIpc) is 3.24. The summed E-state index contributed by atoms with van der Waals surface area (Å²) >= 11 is -0.761. The number of aromatic nitrogens is 2. The maximum absolute atomic E-state index is 15.5. The van der Waals surface area contributed by atoms with Crippen molar-refractivity contribution < 1.29 is 44.2 Å². The molecule has 0 unspecified atom stereocenters. The van der Waals surface area contributed by atoms with E-state index in [1.54, 1.807) is 62.0 Å². The quantitative estimate of drug-likeness (QED) is 0.180. The number of hydrogen-bond donors (Lipinski definition) is 2. The number of hydrogen-bond acceptors (Lipinski definition) is 6. The van der Waals surface area contributed by atoms with Gasteiger partial charge in [-0.05, 0) is 5.92 Å². The summed E-state index contributed by atoms with van der Waals surface area (Å²) in [5.41, 5.74) is 1.91. The number of nitrogens with one attached hydrogen (secondary N) is 2. The first kappa shape index (κ1) is 30.3. The Hall–Kier alpha value is -4.71. The van der Waals surface area contributed by atoms with Gasteiger partial charge in [-0.15, -0.1) is 0 Å². The molecule has 45 heavy (non-hydrogen) atoms. The smallest absolute Gasteiger partial charge is 0.489 e. The minimum Gasteiger partial charge on any atom is -0.489 e. The summed E-state index contributed by atoms with van der Waals surface area (Å²) in [6.07, 6.45) is 6.96. The third-order valence-electron chi connectivity index (χ3n) is 6.96. The van der Waals surface area contributed by atoms with E-state index in [1.165, 1.54) is 18.2 Å². The van der Waals surface area contributed by atoms with Crippen molar-refractivity contribution in [2.45, 2.75) is 13.8 Å². The van der Waals surface area contributed by atoms with Crippen LogP contribution in [0, 0.1) is 17.6 Å². The molecule has 2 N–H and O–H groups in total. The molecule has 0 fully saturated rings. The van der Waals surface area contributed by atoms with Crippen molar-refractivity contribution in [2.75, 3.05) is 19.0 Å². The van der Waals surface area contributed by atoms with Crippen molar-refractivity contribution in [1.29, 1.82) is 0 Å². The Morgan fingerprint density at radius 1 is 0.978 bits per heavy atom. The van der Waals surface area contributed by atoms with Crippen molar-refractivity contribution in [1.82, 2.24) is 9.97 Å². The fourth-order valence-electron chi connectivity index (χ4n) is 4.77. The second kappa shape index (κ2) is 13.1. The van der Waals surface area contributed by atoms with Gasteiger partial charge in [0, 0.05) is 0 Å². The molecule has 0 saturated carbocycles. The zero-order valence-electron chi connectivity index (χ0n) is 24.7. The van der Waals surface area contributed by atoms with Gasteiger partial charge in [0.15, 0.2) is 0 Å². The SMILES string of the molecule is COc1cc2c(Oc3ccc(NC4=c5c([nH]cc(-c6ccc(F)cc6)c5=O)=CC=C[I-]4)cc3F)ccnc2cc1OCC(C)C. The van der Waals surface area contributed by atoms with Gasteiger partial charge in [-0.25, -0.2) is 0 Å². The molecule has 0 spiro atoms. The number of fused-ring (bicyclic) bond motifs is 2. The Morgan fingerprint density at radius 3 is 2.56 bits per heavy atom. The van der Waals surface area contributed by atoms with E-state index in [0.29, 0.717) is 71.8 Å². The monoisotopic (exact) mass is 720 g/mol. The van der Waals surface area contributed by atoms with Crippen LogP contribution in [0.1, 0.15) is 13.8 Å². The van der Waals surface area contributed by atoms with Gasteiger partial charge >= 0.3 is 231 Å². The zero-order valence-corrected chi connectivity index (χ0v) is 26.8. The van der Waals surface area contributed by atoms with Crippen molar-refractivity contribution in [3.63, 3.8) is 0 Å². The molecule has 3 aromatic carbocycles. The number of pyridine rings is 2. The van der Waals surface area contributed by atoms with Crippen LogP contribution < -0.4 is 56.7 Å². The first-order valence-corrected chi connectivity index (χ1v) is 16.5. The van der Waals surface area contributed by atoms with Gasteiger partial charge in [-0.2, -0.15) is 0 Å². The molecule has 1 aliphatic heterocycles. The predicted octanol–water partition coefficient (Wildman–Crippen LogP) is 3.28. The zero-order chi connectivity index (χ0) is 31.5. The number of allylic oxidation sites excluding steroid dienone is 1. The number of aromatic amines is 1. The number of anilines is 1. The number of rotatable bonds is 9. The predicted molar refractivity (Wildman–Crippen MR) is 167 cm³/mol. The number of ether oxygens (including phenoxy) is 3. The van der Waals surface area contributed by atoms with E-state index in [1.807, 2.05) is 16.2 Å². The third kappa shape index (κ3) is 6.56. The molecule has 5 aromatic rings. The van der Waals surface area contributed by atoms with Crippen LogP contribution in [0.3, 0.4) is 0 Å². The number of methoxy groups -OCH3 is 1. The van der Waals surface area contributed by atoms with E-state index in [0.717, 1.165) is 0 Å². The van der Waals surface area contributed by atoms with Crippen LogP contribution in [-0.2, 0) is 0 Å². The fourth-order valence-corrected chi connectivity index (χ4v) is 6.86. The first-order valence-electron chi connectivity index (χ1n) is 14.2. The molecule has 6 rings (SSSR count). The second-order valence-corrected chi connectivity index (χ2v) is 13.1. The average molecular weight is 721 g/mol. The molecule has 3 heterocycles. The standard InChI is InChI=1S/C35H29F2IN3O4/c1-20(2)19-44-32-17-28-24(16-31(32)43-3)29(12-14-39-28)45-30-11-10-23(15-26(30)37)41-35-33-27(5-4-13-38-35)40-18-25(34(33)42)21-6-8-22(36)9-7-21/h4-18,20,40-41H,19H2,1-3H3/q-1. The van der Waals surface area contributed by atoms with Gasteiger partial charge in [0.05, 0.1) is 13.7 Å². The molecule has 10 heteroatoms. The van der Waals surface area contributed by atoms with Crippen LogP contribution in [0.25, 0.3) is 31.8 Å². The molecule has 2 aromatic heterocycles. The van der Waals surface area contributed by atoms with Crippen molar-refractivity contribution >= 4 is 26.4 Å². The summed E-state index contributed by atoms with van der Waals surface area (Å²) in [6.45, 7) is 4.64. The number of benzene rings is 3. The Morgan fingerprint density at radius 2 is 1.80 bits per heavy atom. The van der Waals surface area contributed by atoms with Crippen LogP contribution in [0.15, 0.2) is 88.0 Å². The molecular weight excluding hydrogens is 691 g/mol. The van der Waals surface area contributed by atoms with Gasteiger partial charge < -0.3 is 4.74 Å². The first-order chi connectivity index (χ1) is 21.8. The van der Waals surface area contributed by atoms with Gasteiger partial charge in [0.2, 0.25) is 0 Å². The molecule has 230 valence electrons. The van der Waals surface area contributed by atoms with Crippen LogP contribution in [-0.4, -0.2) is 23.7 Å². The molecule has 0 radical (unpaired) electrons. The topological polar surface area (TPSA) is 85.5 Å². The van der Waals surface area contributed by atoms with Crippen molar-refractivity contribution in [3.05, 3.63) is 116 Å². The molecule has 0 aliphatic carbocycles. The maximum atomic E-state index is 15.5. The Bertz CT molecular complexity index is 2110. The number of nitrogens with zero attached hydrogens (tertiary/aromatic N) is 1. The molecule has 0 amide bonds. The molecular formula is C35H29F2IN3O4-. The molecule has 7 nitrogen and oxygen atoms in total. The van der Waals surface area contributed by atoms with Crippen LogP contribution >= 0.6 is 0 Å². The second-order valence-electron chi connectivity index (χ2n) is 10.6. The summed E-state index contributed by atoms with van der Waals surface area (Å²) in [5, 5.41) is 5.04. The molecule has 0 bridgehead atoms. The van der Waals surface area contributed by atoms with E-state index in [2.05, 4.69) is 29.1 Å². The third-order valence-corrected chi connectivity index (χ3v) is 9.17. The number of halogens is 3. The van der Waals surface area contributed by atoms with Crippen molar-refractivity contribution in [2.24, 2.45) is 5.92 Å². The summed E-state index contributed by atoms with van der Waals surface area (Å²) in [7, 11) is 1.56. The minimum atomic E-state index is -0.761. The summed E-state index contributed by atoms with van der Waals surface area (Å²) < 4.78 is 49.2. The fraction of sp³-hybridized carbons (Fsp3) is 0.143. The van der Waals surface area contributed by atoms with Gasteiger partial charge in [0.1, 0.15) is 0 Å². The Labute approximate surface area is 268 Å². The van der Waals surface area contributed by atoms with Gasteiger partial charge in [-0.1, -0.05) is 13.8 Å². The Kier molecular flexibility index (Phi) is 8.83. The van der Waals surface area contributed by atoms with Crippen LogP contribution in [0.5, 0.6) is 23.0 Å². The van der Waals surface area contributed by atoms with E-state index < -0.39 is 27.0 Å². The Balaban J connectivity index is 1.32.